The van der Waals surface area contributed by atoms with Crippen LogP contribution in [0.4, 0.5) is 0 Å². The summed E-state index contributed by atoms with van der Waals surface area (Å²) in [6, 6.07) is 0.226. The molecule has 4 atom stereocenters. The van der Waals surface area contributed by atoms with E-state index >= 15 is 0 Å². The Morgan fingerprint density at radius 1 is 1.24 bits per heavy atom. The average molecular weight is 259 g/mol. The van der Waals surface area contributed by atoms with Gasteiger partial charge in [-0.3, -0.25) is 4.79 Å². The third-order valence-electron chi connectivity index (χ3n) is 4.90. The molecule has 3 aliphatic rings. The summed E-state index contributed by atoms with van der Waals surface area (Å²) in [6.07, 6.45) is 7.30. The largest absolute Gasteiger partial charge is 0.341 e. The molecule has 2 N–H and O–H groups in total. The van der Waals surface area contributed by atoms with Gasteiger partial charge in [0.2, 0.25) is 5.91 Å². The summed E-state index contributed by atoms with van der Waals surface area (Å²) in [6.45, 7) is 1.68. The summed E-state index contributed by atoms with van der Waals surface area (Å²) >= 11 is 0. The van der Waals surface area contributed by atoms with Crippen molar-refractivity contribution in [2.45, 2.75) is 44.6 Å². The van der Waals surface area contributed by atoms with Gasteiger partial charge in [-0.25, -0.2) is 0 Å². The monoisotopic (exact) mass is 258 g/mol. The van der Waals surface area contributed by atoms with Crippen LogP contribution in [0.2, 0.25) is 0 Å². The SMILES string of the molecule is Cl.NC1CCN(C(=O)CC2CC3CCC2C3)C1. The Hall–Kier alpha value is -0.280. The Morgan fingerprint density at radius 2 is 2.06 bits per heavy atom. The van der Waals surface area contributed by atoms with Gasteiger partial charge in [-0.05, 0) is 43.4 Å². The third-order valence-corrected chi connectivity index (χ3v) is 4.90. The standard InChI is InChI=1S/C13H22N2O.ClH/c14-12-3-4-15(8-12)13(16)7-11-6-9-1-2-10(11)5-9;/h9-12H,1-8,14H2;1H. The van der Waals surface area contributed by atoms with Crippen molar-refractivity contribution in [1.82, 2.24) is 4.90 Å². The van der Waals surface area contributed by atoms with Crippen molar-refractivity contribution < 1.29 is 4.79 Å². The Morgan fingerprint density at radius 3 is 2.59 bits per heavy atom. The first-order valence-corrected chi connectivity index (χ1v) is 6.75. The molecule has 1 heterocycles. The van der Waals surface area contributed by atoms with Gasteiger partial charge in [-0.1, -0.05) is 6.42 Å². The fraction of sp³-hybridized carbons (Fsp3) is 0.923. The Kier molecular flexibility index (Phi) is 3.99. The molecule has 2 saturated carbocycles. The number of fused-ring (bicyclic) bond motifs is 2. The molecule has 4 unspecified atom stereocenters. The zero-order valence-corrected chi connectivity index (χ0v) is 11.1. The highest BCUT2D eigenvalue weighted by molar-refractivity contribution is 5.85. The number of amides is 1. The molecule has 3 nitrogen and oxygen atoms in total. The van der Waals surface area contributed by atoms with Crippen LogP contribution in [0.1, 0.15) is 38.5 Å². The minimum absolute atomic E-state index is 0. The lowest BCUT2D eigenvalue weighted by atomic mass is 9.86. The van der Waals surface area contributed by atoms with Gasteiger partial charge in [-0.15, -0.1) is 12.4 Å². The summed E-state index contributed by atoms with van der Waals surface area (Å²) in [5, 5.41) is 0. The Balaban J connectivity index is 0.00000108. The second-order valence-corrected chi connectivity index (χ2v) is 6.03. The molecule has 0 aromatic carbocycles. The van der Waals surface area contributed by atoms with Crippen molar-refractivity contribution in [3.05, 3.63) is 0 Å². The Labute approximate surface area is 110 Å². The van der Waals surface area contributed by atoms with Crippen LogP contribution in [0.3, 0.4) is 0 Å². The van der Waals surface area contributed by atoms with Crippen molar-refractivity contribution in [3.8, 4) is 0 Å². The third kappa shape index (κ3) is 2.60. The summed E-state index contributed by atoms with van der Waals surface area (Å²) in [5.74, 6) is 2.88. The van der Waals surface area contributed by atoms with E-state index in [0.717, 1.165) is 37.8 Å². The van der Waals surface area contributed by atoms with Gasteiger partial charge in [0.05, 0.1) is 0 Å². The maximum absolute atomic E-state index is 12.1. The average Bonchev–Trinajstić information content (AvgIpc) is 2.92. The van der Waals surface area contributed by atoms with Gasteiger partial charge in [-0.2, -0.15) is 0 Å². The van der Waals surface area contributed by atoms with E-state index in [0.29, 0.717) is 11.8 Å². The molecule has 2 aliphatic carbocycles. The van der Waals surface area contributed by atoms with Crippen LogP contribution in [0.25, 0.3) is 0 Å². The topological polar surface area (TPSA) is 46.3 Å². The van der Waals surface area contributed by atoms with Crippen LogP contribution in [-0.2, 0) is 4.79 Å². The molecule has 98 valence electrons. The van der Waals surface area contributed by atoms with Gasteiger partial charge < -0.3 is 10.6 Å². The van der Waals surface area contributed by atoms with E-state index in [-0.39, 0.29) is 18.4 Å². The van der Waals surface area contributed by atoms with Crippen molar-refractivity contribution in [1.29, 1.82) is 0 Å². The molecule has 0 radical (unpaired) electrons. The number of likely N-dealkylation sites (tertiary alicyclic amines) is 1. The molecule has 1 saturated heterocycles. The van der Waals surface area contributed by atoms with Crippen molar-refractivity contribution >= 4 is 18.3 Å². The predicted molar refractivity (Wildman–Crippen MR) is 70.0 cm³/mol. The minimum atomic E-state index is 0. The number of rotatable bonds is 2. The zero-order chi connectivity index (χ0) is 11.1. The molecule has 17 heavy (non-hydrogen) atoms. The summed E-state index contributed by atoms with van der Waals surface area (Å²) < 4.78 is 0. The maximum atomic E-state index is 12.1. The van der Waals surface area contributed by atoms with Gasteiger partial charge in [0.1, 0.15) is 0 Å². The lowest BCUT2D eigenvalue weighted by Crippen LogP contribution is -2.33. The normalized spacial score (nSPS) is 39.5. The Bertz CT molecular complexity index is 297. The van der Waals surface area contributed by atoms with E-state index in [1.807, 2.05) is 4.90 Å². The quantitative estimate of drug-likeness (QED) is 0.821. The molecular formula is C13H23ClN2O. The molecule has 2 bridgehead atoms. The van der Waals surface area contributed by atoms with E-state index in [1.54, 1.807) is 0 Å². The van der Waals surface area contributed by atoms with E-state index in [1.165, 1.54) is 25.7 Å². The van der Waals surface area contributed by atoms with Crippen molar-refractivity contribution in [2.75, 3.05) is 13.1 Å². The number of halogens is 1. The van der Waals surface area contributed by atoms with Crippen LogP contribution < -0.4 is 5.73 Å². The lowest BCUT2D eigenvalue weighted by molar-refractivity contribution is -0.131. The van der Waals surface area contributed by atoms with Crippen LogP contribution in [0, 0.1) is 17.8 Å². The fourth-order valence-electron chi connectivity index (χ4n) is 3.99. The first-order chi connectivity index (χ1) is 7.72. The first-order valence-electron chi connectivity index (χ1n) is 6.75. The van der Waals surface area contributed by atoms with Crippen LogP contribution in [0.5, 0.6) is 0 Å². The highest BCUT2D eigenvalue weighted by Crippen LogP contribution is 2.49. The number of nitrogens with zero attached hydrogens (tertiary/aromatic N) is 1. The van der Waals surface area contributed by atoms with Gasteiger partial charge in [0.15, 0.2) is 0 Å². The molecule has 3 fully saturated rings. The number of carbonyl (C=O) groups excluding carboxylic acids is 1. The van der Waals surface area contributed by atoms with E-state index in [9.17, 15) is 4.79 Å². The summed E-state index contributed by atoms with van der Waals surface area (Å²) in [5.41, 5.74) is 5.84. The highest BCUT2D eigenvalue weighted by atomic mass is 35.5. The van der Waals surface area contributed by atoms with Crippen molar-refractivity contribution in [2.24, 2.45) is 23.5 Å². The predicted octanol–water partition coefficient (Wildman–Crippen LogP) is 1.79. The summed E-state index contributed by atoms with van der Waals surface area (Å²) in [7, 11) is 0. The molecular weight excluding hydrogens is 236 g/mol. The molecule has 4 heteroatoms. The number of hydrogen-bond donors (Lipinski definition) is 1. The second kappa shape index (κ2) is 5.15. The van der Waals surface area contributed by atoms with E-state index in [2.05, 4.69) is 0 Å². The second-order valence-electron chi connectivity index (χ2n) is 6.03. The van der Waals surface area contributed by atoms with Crippen LogP contribution in [-0.4, -0.2) is 29.9 Å². The lowest BCUT2D eigenvalue weighted by Gasteiger charge is -2.24. The fourth-order valence-corrected chi connectivity index (χ4v) is 3.99. The number of carbonyl (C=O) groups is 1. The molecule has 0 aromatic rings. The van der Waals surface area contributed by atoms with Crippen molar-refractivity contribution in [3.63, 3.8) is 0 Å². The zero-order valence-electron chi connectivity index (χ0n) is 10.3. The van der Waals surface area contributed by atoms with Gasteiger partial charge in [0.25, 0.3) is 0 Å². The number of hydrogen-bond acceptors (Lipinski definition) is 2. The molecule has 3 rings (SSSR count). The molecule has 0 spiro atoms. The first kappa shape index (κ1) is 13.2. The highest BCUT2D eigenvalue weighted by Gasteiger charge is 2.40. The number of nitrogens with two attached hydrogens (primary N) is 1. The molecule has 1 aliphatic heterocycles. The summed E-state index contributed by atoms with van der Waals surface area (Å²) in [4.78, 5) is 14.1. The molecule has 0 aromatic heterocycles. The van der Waals surface area contributed by atoms with Crippen LogP contribution in [0.15, 0.2) is 0 Å². The maximum Gasteiger partial charge on any atom is 0.222 e. The molecule has 1 amide bonds. The van der Waals surface area contributed by atoms with E-state index < -0.39 is 0 Å². The van der Waals surface area contributed by atoms with E-state index in [4.69, 9.17) is 5.73 Å². The van der Waals surface area contributed by atoms with Crippen LogP contribution >= 0.6 is 12.4 Å². The van der Waals surface area contributed by atoms with Gasteiger partial charge >= 0.3 is 0 Å². The minimum Gasteiger partial charge on any atom is -0.341 e. The smallest absolute Gasteiger partial charge is 0.222 e. The van der Waals surface area contributed by atoms with Gasteiger partial charge in [0, 0.05) is 25.6 Å².